The molecule has 1 atom stereocenters. The molecule has 86 valence electrons. The highest BCUT2D eigenvalue weighted by Crippen LogP contribution is 2.33. The van der Waals surface area contributed by atoms with E-state index < -0.39 is 0 Å². The molecule has 1 saturated heterocycles. The highest BCUT2D eigenvalue weighted by atomic mass is 16.2. The second-order valence-corrected chi connectivity index (χ2v) is 4.25. The van der Waals surface area contributed by atoms with Gasteiger partial charge in [0.05, 0.1) is 23.0 Å². The number of rotatable bonds is 0. The molecule has 0 spiro atoms. The molecule has 1 amide bonds. The highest BCUT2D eigenvalue weighted by Gasteiger charge is 2.34. The summed E-state index contributed by atoms with van der Waals surface area (Å²) < 4.78 is 0. The van der Waals surface area contributed by atoms with Crippen LogP contribution in [0.3, 0.4) is 0 Å². The van der Waals surface area contributed by atoms with Crippen LogP contribution in [-0.2, 0) is 4.79 Å². The van der Waals surface area contributed by atoms with Gasteiger partial charge in [0.15, 0.2) is 0 Å². The molecule has 2 N–H and O–H groups in total. The highest BCUT2D eigenvalue weighted by molar-refractivity contribution is 6.04. The van der Waals surface area contributed by atoms with Crippen molar-refractivity contribution in [1.82, 2.24) is 5.32 Å². The minimum absolute atomic E-state index is 0.000195. The lowest BCUT2D eigenvalue weighted by Gasteiger charge is -2.41. The topological polar surface area (TPSA) is 68.2 Å². The van der Waals surface area contributed by atoms with E-state index >= 15 is 0 Å². The summed E-state index contributed by atoms with van der Waals surface area (Å²) in [7, 11) is 0. The molecule has 1 unspecified atom stereocenters. The summed E-state index contributed by atoms with van der Waals surface area (Å²) in [6, 6.07) is 7.37. The molecular formula is C12H12N4O. The van der Waals surface area contributed by atoms with Crippen molar-refractivity contribution in [2.24, 2.45) is 0 Å². The minimum Gasteiger partial charge on any atom is -0.356 e. The summed E-state index contributed by atoms with van der Waals surface area (Å²) in [5.41, 5.74) is 2.32. The van der Waals surface area contributed by atoms with E-state index in [1.54, 1.807) is 12.1 Å². The molecule has 0 bridgehead atoms. The average Bonchev–Trinajstić information content (AvgIpc) is 2.38. The van der Waals surface area contributed by atoms with Gasteiger partial charge in [0.2, 0.25) is 5.91 Å². The lowest BCUT2D eigenvalue weighted by molar-refractivity contribution is -0.117. The maximum absolute atomic E-state index is 11.9. The molecule has 2 heterocycles. The number of nitrogens with one attached hydrogen (secondary N) is 2. The van der Waals surface area contributed by atoms with E-state index in [2.05, 4.69) is 21.6 Å². The molecule has 0 aliphatic carbocycles. The van der Waals surface area contributed by atoms with Gasteiger partial charge in [0.1, 0.15) is 6.04 Å². The predicted molar refractivity (Wildman–Crippen MR) is 63.8 cm³/mol. The molecule has 2 aliphatic heterocycles. The number of fused-ring (bicyclic) bond motifs is 3. The second kappa shape index (κ2) is 3.75. The third kappa shape index (κ3) is 1.54. The monoisotopic (exact) mass is 228 g/mol. The van der Waals surface area contributed by atoms with Crippen LogP contribution in [0.25, 0.3) is 0 Å². The molecule has 3 rings (SSSR count). The van der Waals surface area contributed by atoms with E-state index in [0.29, 0.717) is 12.1 Å². The average molecular weight is 228 g/mol. The summed E-state index contributed by atoms with van der Waals surface area (Å²) in [6.45, 7) is 2.37. The zero-order valence-electron chi connectivity index (χ0n) is 9.23. The Hall–Kier alpha value is -2.06. The fraction of sp³-hybridized carbons (Fsp3) is 0.333. The molecule has 1 aromatic carbocycles. The smallest absolute Gasteiger partial charge is 0.248 e. The van der Waals surface area contributed by atoms with E-state index in [9.17, 15) is 4.79 Å². The molecule has 5 heteroatoms. The van der Waals surface area contributed by atoms with Crippen molar-refractivity contribution in [2.45, 2.75) is 6.04 Å². The third-order valence-corrected chi connectivity index (χ3v) is 3.24. The van der Waals surface area contributed by atoms with Gasteiger partial charge >= 0.3 is 0 Å². The van der Waals surface area contributed by atoms with Gasteiger partial charge in [0, 0.05) is 19.6 Å². The Labute approximate surface area is 99.0 Å². The van der Waals surface area contributed by atoms with Crippen LogP contribution in [-0.4, -0.2) is 31.6 Å². The summed E-state index contributed by atoms with van der Waals surface area (Å²) in [5.74, 6) is -0.000195. The van der Waals surface area contributed by atoms with Gasteiger partial charge in [-0.15, -0.1) is 0 Å². The van der Waals surface area contributed by atoms with Crippen LogP contribution in [0.4, 0.5) is 11.4 Å². The number of benzene rings is 1. The van der Waals surface area contributed by atoms with Crippen molar-refractivity contribution in [1.29, 1.82) is 5.26 Å². The van der Waals surface area contributed by atoms with Gasteiger partial charge in [0.25, 0.3) is 0 Å². The SMILES string of the molecule is N#Cc1ccc2c(c1)NC(=O)C1CNCCN21. The number of piperazine rings is 1. The third-order valence-electron chi connectivity index (χ3n) is 3.24. The number of carbonyl (C=O) groups is 1. The lowest BCUT2D eigenvalue weighted by atomic mass is 10.0. The number of hydrogen-bond acceptors (Lipinski definition) is 4. The van der Waals surface area contributed by atoms with Gasteiger partial charge in [-0.2, -0.15) is 5.26 Å². The normalized spacial score (nSPS) is 22.2. The Bertz CT molecular complexity index is 520. The number of nitrogens with zero attached hydrogens (tertiary/aromatic N) is 2. The van der Waals surface area contributed by atoms with Crippen LogP contribution in [0, 0.1) is 11.3 Å². The number of nitriles is 1. The Balaban J connectivity index is 2.06. The van der Waals surface area contributed by atoms with Gasteiger partial charge in [-0.3, -0.25) is 4.79 Å². The van der Waals surface area contributed by atoms with Crippen LogP contribution in [0.1, 0.15) is 5.56 Å². The van der Waals surface area contributed by atoms with Crippen LogP contribution in [0.5, 0.6) is 0 Å². The fourth-order valence-electron chi connectivity index (χ4n) is 2.40. The Kier molecular flexibility index (Phi) is 2.23. The zero-order chi connectivity index (χ0) is 11.8. The molecule has 1 aromatic rings. The predicted octanol–water partition coefficient (Wildman–Crippen LogP) is 0.289. The minimum atomic E-state index is -0.135. The zero-order valence-corrected chi connectivity index (χ0v) is 9.23. The molecule has 2 aliphatic rings. The molecule has 0 aromatic heterocycles. The van der Waals surface area contributed by atoms with E-state index in [0.717, 1.165) is 24.5 Å². The van der Waals surface area contributed by atoms with Crippen molar-refractivity contribution >= 4 is 17.3 Å². The van der Waals surface area contributed by atoms with Crippen molar-refractivity contribution in [2.75, 3.05) is 29.9 Å². The summed E-state index contributed by atoms with van der Waals surface area (Å²) in [5, 5.41) is 14.9. The standard InChI is InChI=1S/C12H12N4O/c13-6-8-1-2-10-9(5-8)15-12(17)11-7-14-3-4-16(10)11/h1-2,5,11,14H,3-4,7H2,(H,15,17). The van der Waals surface area contributed by atoms with E-state index in [4.69, 9.17) is 5.26 Å². The maximum Gasteiger partial charge on any atom is 0.248 e. The summed E-state index contributed by atoms with van der Waals surface area (Å²) >= 11 is 0. The van der Waals surface area contributed by atoms with E-state index in [1.807, 2.05) is 6.07 Å². The number of carbonyl (C=O) groups excluding carboxylic acids is 1. The first-order valence-electron chi connectivity index (χ1n) is 5.62. The first-order chi connectivity index (χ1) is 8.29. The molecule has 5 nitrogen and oxygen atoms in total. The van der Waals surface area contributed by atoms with Crippen molar-refractivity contribution < 1.29 is 4.79 Å². The van der Waals surface area contributed by atoms with E-state index in [1.165, 1.54) is 0 Å². The number of anilines is 2. The van der Waals surface area contributed by atoms with Crippen LogP contribution >= 0.6 is 0 Å². The first kappa shape index (κ1) is 10.1. The van der Waals surface area contributed by atoms with Gasteiger partial charge < -0.3 is 15.5 Å². The largest absolute Gasteiger partial charge is 0.356 e. The van der Waals surface area contributed by atoms with Crippen molar-refractivity contribution in [3.8, 4) is 6.07 Å². The number of amides is 1. The van der Waals surface area contributed by atoms with E-state index in [-0.39, 0.29) is 11.9 Å². The van der Waals surface area contributed by atoms with Crippen LogP contribution in [0.2, 0.25) is 0 Å². The Morgan fingerprint density at radius 3 is 3.18 bits per heavy atom. The van der Waals surface area contributed by atoms with Crippen molar-refractivity contribution in [3.05, 3.63) is 23.8 Å². The van der Waals surface area contributed by atoms with Gasteiger partial charge in [-0.05, 0) is 18.2 Å². The molecular weight excluding hydrogens is 216 g/mol. The van der Waals surface area contributed by atoms with Gasteiger partial charge in [-0.1, -0.05) is 0 Å². The molecule has 1 fully saturated rings. The number of hydrogen-bond donors (Lipinski definition) is 2. The van der Waals surface area contributed by atoms with Crippen LogP contribution in [0.15, 0.2) is 18.2 Å². The molecule has 0 radical (unpaired) electrons. The lowest BCUT2D eigenvalue weighted by Crippen LogP contribution is -2.58. The Morgan fingerprint density at radius 1 is 1.47 bits per heavy atom. The fourth-order valence-corrected chi connectivity index (χ4v) is 2.40. The Morgan fingerprint density at radius 2 is 2.35 bits per heavy atom. The molecule has 0 saturated carbocycles. The van der Waals surface area contributed by atoms with Gasteiger partial charge in [-0.25, -0.2) is 0 Å². The first-order valence-corrected chi connectivity index (χ1v) is 5.62. The molecule has 17 heavy (non-hydrogen) atoms. The summed E-state index contributed by atoms with van der Waals surface area (Å²) in [4.78, 5) is 14.0. The van der Waals surface area contributed by atoms with Crippen molar-refractivity contribution in [3.63, 3.8) is 0 Å². The van der Waals surface area contributed by atoms with Crippen LogP contribution < -0.4 is 15.5 Å². The maximum atomic E-state index is 11.9. The quantitative estimate of drug-likeness (QED) is 0.669. The second-order valence-electron chi connectivity index (χ2n) is 4.25. The summed E-state index contributed by atoms with van der Waals surface area (Å²) in [6.07, 6.45) is 0.